The van der Waals surface area contributed by atoms with Crippen LogP contribution in [0.25, 0.3) is 11.1 Å². The molecule has 1 fully saturated rings. The molecular weight excluding hydrogens is 270 g/mol. The smallest absolute Gasteiger partial charge is 0.266 e. The molecule has 0 unspecified atom stereocenters. The highest BCUT2D eigenvalue weighted by Gasteiger charge is 2.29. The molecule has 0 aliphatic heterocycles. The topological polar surface area (TPSA) is 102 Å². The monoisotopic (exact) mass is 281 g/mol. The van der Waals surface area contributed by atoms with E-state index in [-0.39, 0.29) is 5.56 Å². The highest BCUT2D eigenvalue weighted by atomic mass is 32.2. The first-order valence-electron chi connectivity index (χ1n) is 5.71. The number of aromatic nitrogens is 2. The van der Waals surface area contributed by atoms with Crippen LogP contribution >= 0.6 is 0 Å². The van der Waals surface area contributed by atoms with Gasteiger partial charge in [0.05, 0.1) is 22.9 Å². The Kier molecular flexibility index (Phi) is 2.56. The van der Waals surface area contributed by atoms with Crippen molar-refractivity contribution in [3.05, 3.63) is 23.5 Å². The van der Waals surface area contributed by atoms with Gasteiger partial charge >= 0.3 is 0 Å². The van der Waals surface area contributed by atoms with Gasteiger partial charge in [-0.25, -0.2) is 18.1 Å². The molecule has 0 aromatic carbocycles. The van der Waals surface area contributed by atoms with Crippen LogP contribution in [0.15, 0.2) is 16.8 Å². The molecule has 0 atom stereocenters. The summed E-state index contributed by atoms with van der Waals surface area (Å²) in [5.41, 5.74) is 1.32. The fourth-order valence-electron chi connectivity index (χ4n) is 1.85. The van der Waals surface area contributed by atoms with Gasteiger partial charge in [-0.15, -0.1) is 0 Å². The van der Waals surface area contributed by atoms with Crippen LogP contribution in [-0.2, 0) is 10.0 Å². The predicted octanol–water partition coefficient (Wildman–Crippen LogP) is 0.790. The molecule has 1 aliphatic carbocycles. The summed E-state index contributed by atoms with van der Waals surface area (Å²) in [5, 5.41) is 4.61. The minimum atomic E-state index is -3.59. The summed E-state index contributed by atoms with van der Waals surface area (Å²) in [5.74, 6) is -0.351. The molecule has 7 nitrogen and oxygen atoms in total. The first-order valence-corrected chi connectivity index (χ1v) is 7.60. The fourth-order valence-corrected chi connectivity index (χ4v) is 2.31. The van der Waals surface area contributed by atoms with E-state index in [0.717, 1.165) is 24.8 Å². The number of nitrogens with one attached hydrogen (secondary N) is 1. The van der Waals surface area contributed by atoms with Crippen LogP contribution in [0.1, 0.15) is 34.8 Å². The molecular formula is C11H11N3O4S. The number of nitrogens with zero attached hydrogens (tertiary/aromatic N) is 2. The summed E-state index contributed by atoms with van der Waals surface area (Å²) in [6.45, 7) is 0. The third-order valence-corrected chi connectivity index (χ3v) is 3.42. The summed E-state index contributed by atoms with van der Waals surface area (Å²) >= 11 is 0. The SMILES string of the molecule is CS(=O)(=O)NC(=O)c1cnc2onc(C3CC3)c2c1. The van der Waals surface area contributed by atoms with Gasteiger partial charge in [-0.2, -0.15) is 0 Å². The summed E-state index contributed by atoms with van der Waals surface area (Å²) in [6, 6.07) is 1.56. The Bertz CT molecular complexity index is 761. The highest BCUT2D eigenvalue weighted by Crippen LogP contribution is 2.42. The largest absolute Gasteiger partial charge is 0.336 e. The van der Waals surface area contributed by atoms with E-state index in [0.29, 0.717) is 17.0 Å². The lowest BCUT2D eigenvalue weighted by Gasteiger charge is -2.01. The van der Waals surface area contributed by atoms with Gasteiger partial charge in [-0.05, 0) is 18.9 Å². The number of sulfonamides is 1. The lowest BCUT2D eigenvalue weighted by molar-refractivity contribution is 0.0981. The molecule has 0 spiro atoms. The zero-order valence-corrected chi connectivity index (χ0v) is 10.9. The van der Waals surface area contributed by atoms with Gasteiger partial charge in [-0.1, -0.05) is 5.16 Å². The number of hydrogen-bond donors (Lipinski definition) is 1. The maximum Gasteiger partial charge on any atom is 0.266 e. The Labute approximate surface area is 109 Å². The number of pyridine rings is 1. The molecule has 1 aliphatic rings. The number of amides is 1. The number of rotatable bonds is 3. The molecule has 8 heteroatoms. The van der Waals surface area contributed by atoms with Crippen molar-refractivity contribution >= 4 is 27.0 Å². The van der Waals surface area contributed by atoms with Crippen LogP contribution in [0.4, 0.5) is 0 Å². The van der Waals surface area contributed by atoms with E-state index in [1.165, 1.54) is 6.20 Å². The molecule has 2 heterocycles. The van der Waals surface area contributed by atoms with Crippen molar-refractivity contribution in [2.45, 2.75) is 18.8 Å². The Morgan fingerprint density at radius 3 is 2.84 bits per heavy atom. The van der Waals surface area contributed by atoms with Crippen molar-refractivity contribution < 1.29 is 17.7 Å². The molecule has 1 saturated carbocycles. The Morgan fingerprint density at radius 1 is 1.47 bits per heavy atom. The average molecular weight is 281 g/mol. The van der Waals surface area contributed by atoms with Gasteiger partial charge < -0.3 is 4.52 Å². The lowest BCUT2D eigenvalue weighted by Crippen LogP contribution is -2.29. The van der Waals surface area contributed by atoms with Gasteiger partial charge in [-0.3, -0.25) is 4.79 Å². The second-order valence-electron chi connectivity index (χ2n) is 4.62. The van der Waals surface area contributed by atoms with E-state index in [1.54, 1.807) is 6.07 Å². The number of hydrogen-bond acceptors (Lipinski definition) is 6. The van der Waals surface area contributed by atoms with Crippen molar-refractivity contribution in [1.29, 1.82) is 0 Å². The van der Waals surface area contributed by atoms with Crippen molar-refractivity contribution in [2.75, 3.05) is 6.26 Å². The lowest BCUT2D eigenvalue weighted by atomic mass is 10.1. The second-order valence-corrected chi connectivity index (χ2v) is 6.37. The van der Waals surface area contributed by atoms with E-state index >= 15 is 0 Å². The Morgan fingerprint density at radius 2 is 2.21 bits per heavy atom. The zero-order valence-electron chi connectivity index (χ0n) is 10.1. The number of carbonyl (C=O) groups excluding carboxylic acids is 1. The first kappa shape index (κ1) is 12.1. The standard InChI is InChI=1S/C11H11N3O4S/c1-19(16,17)14-10(15)7-4-8-9(6-2-3-6)13-18-11(8)12-5-7/h4-6H,2-3H2,1H3,(H,14,15). The second kappa shape index (κ2) is 4.02. The molecule has 1 amide bonds. The number of carbonyl (C=O) groups is 1. The minimum absolute atomic E-state index is 0.169. The van der Waals surface area contributed by atoms with E-state index in [2.05, 4.69) is 10.1 Å². The van der Waals surface area contributed by atoms with Gasteiger partial charge in [0, 0.05) is 12.1 Å². The maximum atomic E-state index is 11.7. The molecule has 2 aromatic heterocycles. The van der Waals surface area contributed by atoms with Crippen LogP contribution in [0.3, 0.4) is 0 Å². The molecule has 100 valence electrons. The van der Waals surface area contributed by atoms with Gasteiger partial charge in [0.25, 0.3) is 11.6 Å². The predicted molar refractivity (Wildman–Crippen MR) is 66.1 cm³/mol. The Balaban J connectivity index is 2.00. The molecule has 3 rings (SSSR count). The third kappa shape index (κ3) is 2.43. The molecule has 1 N–H and O–H groups in total. The molecule has 0 bridgehead atoms. The summed E-state index contributed by atoms with van der Waals surface area (Å²) in [4.78, 5) is 15.7. The summed E-state index contributed by atoms with van der Waals surface area (Å²) in [7, 11) is -3.59. The Hall–Kier alpha value is -1.96. The summed E-state index contributed by atoms with van der Waals surface area (Å²) < 4.78 is 29.0. The van der Waals surface area contributed by atoms with Crippen LogP contribution in [0.2, 0.25) is 0 Å². The third-order valence-electron chi connectivity index (χ3n) is 2.86. The van der Waals surface area contributed by atoms with Crippen LogP contribution in [0.5, 0.6) is 0 Å². The highest BCUT2D eigenvalue weighted by molar-refractivity contribution is 7.89. The summed E-state index contributed by atoms with van der Waals surface area (Å²) in [6.07, 6.45) is 4.28. The number of fused-ring (bicyclic) bond motifs is 1. The molecule has 2 aromatic rings. The molecule has 0 saturated heterocycles. The van der Waals surface area contributed by atoms with E-state index in [9.17, 15) is 13.2 Å². The van der Waals surface area contributed by atoms with Gasteiger partial charge in [0.15, 0.2) is 0 Å². The zero-order chi connectivity index (χ0) is 13.6. The minimum Gasteiger partial charge on any atom is -0.336 e. The van der Waals surface area contributed by atoms with Gasteiger partial charge in [0.2, 0.25) is 10.0 Å². The van der Waals surface area contributed by atoms with E-state index in [4.69, 9.17) is 4.52 Å². The molecule has 0 radical (unpaired) electrons. The maximum absolute atomic E-state index is 11.7. The van der Waals surface area contributed by atoms with E-state index < -0.39 is 15.9 Å². The molecule has 19 heavy (non-hydrogen) atoms. The van der Waals surface area contributed by atoms with Crippen LogP contribution < -0.4 is 4.72 Å². The van der Waals surface area contributed by atoms with E-state index in [1.807, 2.05) is 4.72 Å². The van der Waals surface area contributed by atoms with Crippen LogP contribution in [-0.4, -0.2) is 30.7 Å². The van der Waals surface area contributed by atoms with Crippen molar-refractivity contribution in [3.63, 3.8) is 0 Å². The first-order chi connectivity index (χ1) is 8.94. The quantitative estimate of drug-likeness (QED) is 0.892. The van der Waals surface area contributed by atoms with Crippen LogP contribution in [0, 0.1) is 0 Å². The normalized spacial score (nSPS) is 15.6. The average Bonchev–Trinajstić information content (AvgIpc) is 3.06. The van der Waals surface area contributed by atoms with Crippen molar-refractivity contribution in [1.82, 2.24) is 14.9 Å². The van der Waals surface area contributed by atoms with Gasteiger partial charge in [0.1, 0.15) is 0 Å². The fraction of sp³-hybridized carbons (Fsp3) is 0.364. The van der Waals surface area contributed by atoms with Crippen molar-refractivity contribution in [2.24, 2.45) is 0 Å². The van der Waals surface area contributed by atoms with Crippen molar-refractivity contribution in [3.8, 4) is 0 Å².